The number of carbonyl (C=O) groups is 1. The number of amides is 1. The number of fused-ring (bicyclic) bond motifs is 1. The largest absolute Gasteiger partial charge is 0.388 e. The molecule has 156 valence electrons. The van der Waals surface area contributed by atoms with Gasteiger partial charge in [-0.05, 0) is 26.2 Å². The van der Waals surface area contributed by atoms with Crippen LogP contribution in [0.5, 0.6) is 0 Å². The van der Waals surface area contributed by atoms with E-state index in [1.807, 2.05) is 16.4 Å². The van der Waals surface area contributed by atoms with Gasteiger partial charge in [-0.15, -0.1) is 0 Å². The fourth-order valence-electron chi connectivity index (χ4n) is 3.97. The van der Waals surface area contributed by atoms with Crippen molar-refractivity contribution < 1.29 is 9.90 Å². The second kappa shape index (κ2) is 7.60. The minimum Gasteiger partial charge on any atom is -0.388 e. The van der Waals surface area contributed by atoms with Crippen LogP contribution in [0.4, 0.5) is 5.82 Å². The minimum atomic E-state index is -0.203. The summed E-state index contributed by atoms with van der Waals surface area (Å²) in [6.45, 7) is 3.98. The third-order valence-electron chi connectivity index (χ3n) is 5.72. The van der Waals surface area contributed by atoms with Gasteiger partial charge in [0, 0.05) is 44.0 Å². The van der Waals surface area contributed by atoms with Gasteiger partial charge in [-0.3, -0.25) is 4.79 Å². The molecule has 1 atom stereocenters. The lowest BCUT2D eigenvalue weighted by Gasteiger charge is -2.17. The molecule has 2 N–H and O–H groups in total. The maximum atomic E-state index is 12.3. The van der Waals surface area contributed by atoms with E-state index in [4.69, 9.17) is 4.98 Å². The molecule has 0 spiro atoms. The lowest BCUT2D eigenvalue weighted by Crippen LogP contribution is -2.32. The lowest BCUT2D eigenvalue weighted by molar-refractivity contribution is -0.131. The van der Waals surface area contributed by atoms with Crippen LogP contribution in [0, 0.1) is 5.92 Å². The summed E-state index contributed by atoms with van der Waals surface area (Å²) in [7, 11) is 0. The Kier molecular flexibility index (Phi) is 4.78. The van der Waals surface area contributed by atoms with Crippen molar-refractivity contribution >= 4 is 22.9 Å². The summed E-state index contributed by atoms with van der Waals surface area (Å²) in [6.07, 6.45) is 7.80. The number of aryl methyl sites for hydroxylation is 1. The van der Waals surface area contributed by atoms with E-state index in [0.717, 1.165) is 37.0 Å². The summed E-state index contributed by atoms with van der Waals surface area (Å²) in [5, 5.41) is 12.7. The molecular formula is C20H24N8O2. The van der Waals surface area contributed by atoms with E-state index in [1.165, 1.54) is 6.33 Å². The van der Waals surface area contributed by atoms with E-state index in [0.29, 0.717) is 36.1 Å². The Bertz CT molecular complexity index is 1080. The number of aromatic nitrogens is 6. The first kappa shape index (κ1) is 18.9. The average molecular weight is 408 g/mol. The second-order valence-electron chi connectivity index (χ2n) is 7.81. The van der Waals surface area contributed by atoms with Crippen LogP contribution in [0.2, 0.25) is 0 Å². The summed E-state index contributed by atoms with van der Waals surface area (Å²) in [5.74, 6) is 2.28. The second-order valence-corrected chi connectivity index (χ2v) is 7.81. The minimum absolute atomic E-state index is 0.146. The number of nitrogens with one attached hydrogen (secondary N) is 1. The molecule has 3 aromatic rings. The molecule has 0 radical (unpaired) electrons. The van der Waals surface area contributed by atoms with Gasteiger partial charge < -0.3 is 19.9 Å². The molecule has 1 amide bonds. The van der Waals surface area contributed by atoms with Crippen LogP contribution in [-0.4, -0.2) is 64.5 Å². The molecule has 3 aromatic heterocycles. The van der Waals surface area contributed by atoms with E-state index < -0.39 is 0 Å². The van der Waals surface area contributed by atoms with Crippen molar-refractivity contribution in [3.63, 3.8) is 0 Å². The van der Waals surface area contributed by atoms with E-state index in [2.05, 4.69) is 25.3 Å². The molecule has 1 saturated heterocycles. The molecule has 2 aliphatic rings. The fraction of sp³-hybridized carbons (Fsp3) is 0.500. The number of aliphatic hydroxyl groups is 1. The number of nitrogens with zero attached hydrogens (tertiary/aromatic N) is 7. The molecule has 0 unspecified atom stereocenters. The maximum absolute atomic E-state index is 12.3. The Morgan fingerprint density at radius 1 is 1.20 bits per heavy atom. The molecule has 0 bridgehead atoms. The number of imidazole rings is 1. The first-order valence-corrected chi connectivity index (χ1v) is 10.4. The first-order valence-electron chi connectivity index (χ1n) is 10.4. The topological polar surface area (TPSA) is 122 Å². The summed E-state index contributed by atoms with van der Waals surface area (Å²) in [6, 6.07) is 0.146. The van der Waals surface area contributed by atoms with Gasteiger partial charge >= 0.3 is 0 Å². The molecule has 5 rings (SSSR count). The Morgan fingerprint density at radius 3 is 2.70 bits per heavy atom. The Hall–Kier alpha value is -3.14. The van der Waals surface area contributed by atoms with Gasteiger partial charge in [-0.25, -0.2) is 24.9 Å². The quantitative estimate of drug-likeness (QED) is 0.624. The number of hydrogen-bond acceptors (Lipinski definition) is 8. The molecule has 4 heterocycles. The zero-order chi connectivity index (χ0) is 20.7. The van der Waals surface area contributed by atoms with Crippen LogP contribution >= 0.6 is 0 Å². The van der Waals surface area contributed by atoms with Crippen molar-refractivity contribution in [3.05, 3.63) is 24.5 Å². The highest BCUT2D eigenvalue weighted by molar-refractivity contribution is 5.86. The lowest BCUT2D eigenvalue weighted by atomic mass is 10.2. The summed E-state index contributed by atoms with van der Waals surface area (Å²) in [4.78, 5) is 36.3. The van der Waals surface area contributed by atoms with E-state index in [1.54, 1.807) is 12.4 Å². The van der Waals surface area contributed by atoms with Crippen molar-refractivity contribution in [3.8, 4) is 11.4 Å². The van der Waals surface area contributed by atoms with Gasteiger partial charge in [0.05, 0.1) is 5.56 Å². The Labute approximate surface area is 173 Å². The summed E-state index contributed by atoms with van der Waals surface area (Å²) in [5.41, 5.74) is 2.17. The number of likely N-dealkylation sites (tertiary alicyclic amines) is 1. The molecule has 2 fully saturated rings. The number of rotatable bonds is 6. The third kappa shape index (κ3) is 3.36. The molecular weight excluding hydrogens is 384 g/mol. The third-order valence-corrected chi connectivity index (χ3v) is 5.72. The molecule has 0 aromatic carbocycles. The van der Waals surface area contributed by atoms with Gasteiger partial charge in [0.1, 0.15) is 18.8 Å². The SMILES string of the molecule is CCn1c(-c2cnc(CO)nc2)nc2c(N[C@H]3CCN(C(=O)C4CC4)C3)ncnc21. The first-order chi connectivity index (χ1) is 14.7. The Balaban J connectivity index is 1.43. The smallest absolute Gasteiger partial charge is 0.225 e. The zero-order valence-corrected chi connectivity index (χ0v) is 16.8. The van der Waals surface area contributed by atoms with Crippen LogP contribution < -0.4 is 5.32 Å². The standard InChI is InChI=1S/C20H24N8O2/c1-2-28-18(13-7-21-15(10-29)22-8-13)26-16-17(23-11-24-19(16)28)25-14-5-6-27(9-14)20(30)12-3-4-12/h7-8,11-12,14,29H,2-6,9-10H2,1H3,(H,23,24,25)/t14-/m0/s1. The van der Waals surface area contributed by atoms with Crippen LogP contribution in [-0.2, 0) is 17.9 Å². The molecule has 1 aliphatic heterocycles. The van der Waals surface area contributed by atoms with E-state index in [-0.39, 0.29) is 24.5 Å². The van der Waals surface area contributed by atoms with Crippen LogP contribution in [0.1, 0.15) is 32.0 Å². The van der Waals surface area contributed by atoms with Gasteiger partial charge in [0.15, 0.2) is 22.8 Å². The molecule has 10 heteroatoms. The van der Waals surface area contributed by atoms with Crippen molar-refractivity contribution in [1.29, 1.82) is 0 Å². The Morgan fingerprint density at radius 2 is 2.00 bits per heavy atom. The maximum Gasteiger partial charge on any atom is 0.225 e. The summed E-state index contributed by atoms with van der Waals surface area (Å²) >= 11 is 0. The zero-order valence-electron chi connectivity index (χ0n) is 16.8. The number of carbonyl (C=O) groups excluding carboxylic acids is 1. The molecule has 30 heavy (non-hydrogen) atoms. The van der Waals surface area contributed by atoms with Crippen molar-refractivity contribution in [2.45, 2.75) is 45.4 Å². The monoisotopic (exact) mass is 408 g/mol. The van der Waals surface area contributed by atoms with Crippen molar-refractivity contribution in [2.75, 3.05) is 18.4 Å². The van der Waals surface area contributed by atoms with Crippen LogP contribution in [0.3, 0.4) is 0 Å². The van der Waals surface area contributed by atoms with Crippen LogP contribution in [0.15, 0.2) is 18.7 Å². The predicted molar refractivity (Wildman–Crippen MR) is 109 cm³/mol. The van der Waals surface area contributed by atoms with Gasteiger partial charge in [0.2, 0.25) is 5.91 Å². The van der Waals surface area contributed by atoms with E-state index in [9.17, 15) is 9.90 Å². The average Bonchev–Trinajstić information content (AvgIpc) is 3.41. The highest BCUT2D eigenvalue weighted by atomic mass is 16.3. The van der Waals surface area contributed by atoms with Crippen molar-refractivity contribution in [2.24, 2.45) is 5.92 Å². The molecule has 10 nitrogen and oxygen atoms in total. The highest BCUT2D eigenvalue weighted by Crippen LogP contribution is 2.33. The van der Waals surface area contributed by atoms with Crippen LogP contribution in [0.25, 0.3) is 22.6 Å². The fourth-order valence-corrected chi connectivity index (χ4v) is 3.97. The van der Waals surface area contributed by atoms with E-state index >= 15 is 0 Å². The number of anilines is 1. The summed E-state index contributed by atoms with van der Waals surface area (Å²) < 4.78 is 2.00. The van der Waals surface area contributed by atoms with Crippen molar-refractivity contribution in [1.82, 2.24) is 34.4 Å². The number of aliphatic hydroxyl groups excluding tert-OH is 1. The van der Waals surface area contributed by atoms with Gasteiger partial charge in [0.25, 0.3) is 0 Å². The molecule has 1 saturated carbocycles. The number of hydrogen-bond donors (Lipinski definition) is 2. The van der Waals surface area contributed by atoms with Gasteiger partial charge in [-0.1, -0.05) is 0 Å². The normalized spacial score (nSPS) is 18.9. The predicted octanol–water partition coefficient (Wildman–Crippen LogP) is 1.22. The van der Waals surface area contributed by atoms with Gasteiger partial charge in [-0.2, -0.15) is 0 Å². The molecule has 1 aliphatic carbocycles. The highest BCUT2D eigenvalue weighted by Gasteiger charge is 2.36.